The van der Waals surface area contributed by atoms with Crippen molar-refractivity contribution in [3.05, 3.63) is 47.5 Å². The summed E-state index contributed by atoms with van der Waals surface area (Å²) in [5, 5.41) is 10.0. The normalized spacial score (nSPS) is 10.3. The number of phenolic OH excluding ortho intramolecular Hbond substituents is 1. The maximum atomic E-state index is 12.3. The van der Waals surface area contributed by atoms with E-state index in [1.54, 1.807) is 30.3 Å². The Morgan fingerprint density at radius 2 is 1.54 bits per heavy atom. The van der Waals surface area contributed by atoms with Crippen LogP contribution in [0.15, 0.2) is 36.4 Å². The molecular weight excluding hydrogens is 336 g/mol. The number of unbranched alkanes of at least 4 members (excludes halogenated alkanes) is 1. The van der Waals surface area contributed by atoms with Crippen LogP contribution >= 0.6 is 0 Å². The number of aromatic hydroxyl groups is 1. The van der Waals surface area contributed by atoms with Crippen molar-refractivity contribution in [1.82, 2.24) is 0 Å². The Bertz CT molecular complexity index is 780. The number of hydrogen-bond donors (Lipinski definition) is 1. The lowest BCUT2D eigenvalue weighted by atomic mass is 9.94. The zero-order valence-corrected chi connectivity index (χ0v) is 15.1. The second kappa shape index (κ2) is 8.89. The third kappa shape index (κ3) is 4.14. The lowest BCUT2D eigenvalue weighted by Gasteiger charge is -2.14. The van der Waals surface area contributed by atoms with Gasteiger partial charge in [-0.2, -0.15) is 0 Å². The molecule has 26 heavy (non-hydrogen) atoms. The molecule has 0 aliphatic carbocycles. The van der Waals surface area contributed by atoms with Crippen molar-refractivity contribution in [3.63, 3.8) is 0 Å². The van der Waals surface area contributed by atoms with Crippen LogP contribution < -0.4 is 4.74 Å². The summed E-state index contributed by atoms with van der Waals surface area (Å²) in [7, 11) is 2.39. The molecule has 0 aromatic heterocycles. The highest BCUT2D eigenvalue weighted by Crippen LogP contribution is 2.33. The SMILES string of the molecule is CCCCOc1ccc(-c2ccc(O)c(C(=O)OC)c2C(=O)OC)cc1. The zero-order chi connectivity index (χ0) is 19.1. The maximum absolute atomic E-state index is 12.3. The van der Waals surface area contributed by atoms with Crippen molar-refractivity contribution in [3.8, 4) is 22.6 Å². The van der Waals surface area contributed by atoms with E-state index < -0.39 is 11.9 Å². The molecule has 2 rings (SSSR count). The predicted octanol–water partition coefficient (Wildman–Crippen LogP) is 3.81. The van der Waals surface area contributed by atoms with Gasteiger partial charge in [-0.3, -0.25) is 0 Å². The van der Waals surface area contributed by atoms with E-state index in [1.807, 2.05) is 0 Å². The van der Waals surface area contributed by atoms with Gasteiger partial charge in [0.15, 0.2) is 0 Å². The monoisotopic (exact) mass is 358 g/mol. The molecule has 0 heterocycles. The Hall–Kier alpha value is -3.02. The van der Waals surface area contributed by atoms with Crippen molar-refractivity contribution in [2.24, 2.45) is 0 Å². The van der Waals surface area contributed by atoms with Gasteiger partial charge in [0.1, 0.15) is 17.1 Å². The number of carbonyl (C=O) groups is 2. The van der Waals surface area contributed by atoms with Crippen LogP contribution in [0.5, 0.6) is 11.5 Å². The first-order valence-corrected chi connectivity index (χ1v) is 8.29. The number of esters is 2. The second-order valence-corrected chi connectivity index (χ2v) is 5.59. The molecule has 1 N–H and O–H groups in total. The molecule has 0 radical (unpaired) electrons. The zero-order valence-electron chi connectivity index (χ0n) is 15.1. The molecule has 6 nitrogen and oxygen atoms in total. The van der Waals surface area contributed by atoms with Crippen LogP contribution in [0.3, 0.4) is 0 Å². The molecule has 0 saturated heterocycles. The van der Waals surface area contributed by atoms with E-state index in [0.29, 0.717) is 23.5 Å². The van der Waals surface area contributed by atoms with Gasteiger partial charge in [-0.25, -0.2) is 9.59 Å². The molecule has 2 aromatic carbocycles. The van der Waals surface area contributed by atoms with E-state index in [1.165, 1.54) is 20.3 Å². The summed E-state index contributed by atoms with van der Waals surface area (Å²) in [6, 6.07) is 10.0. The first-order chi connectivity index (χ1) is 12.5. The molecule has 0 spiro atoms. The number of rotatable bonds is 7. The summed E-state index contributed by atoms with van der Waals surface area (Å²) >= 11 is 0. The Kier molecular flexibility index (Phi) is 6.60. The van der Waals surface area contributed by atoms with Gasteiger partial charge in [0.25, 0.3) is 0 Å². The molecule has 0 bridgehead atoms. The van der Waals surface area contributed by atoms with E-state index in [2.05, 4.69) is 6.92 Å². The molecular formula is C20H22O6. The molecule has 138 valence electrons. The van der Waals surface area contributed by atoms with Crippen LogP contribution in [0.4, 0.5) is 0 Å². The maximum Gasteiger partial charge on any atom is 0.342 e. The van der Waals surface area contributed by atoms with Gasteiger partial charge >= 0.3 is 11.9 Å². The van der Waals surface area contributed by atoms with Crippen LogP contribution in [0.25, 0.3) is 11.1 Å². The number of benzene rings is 2. The minimum Gasteiger partial charge on any atom is -0.507 e. The smallest absolute Gasteiger partial charge is 0.342 e. The molecule has 0 aliphatic rings. The highest BCUT2D eigenvalue weighted by molar-refractivity contribution is 6.09. The summed E-state index contributed by atoms with van der Waals surface area (Å²) in [6.07, 6.45) is 2.01. The average molecular weight is 358 g/mol. The van der Waals surface area contributed by atoms with Crippen molar-refractivity contribution in [2.75, 3.05) is 20.8 Å². The molecule has 0 atom stereocenters. The molecule has 0 amide bonds. The summed E-state index contributed by atoms with van der Waals surface area (Å²) < 4.78 is 15.1. The van der Waals surface area contributed by atoms with Crippen molar-refractivity contribution >= 4 is 11.9 Å². The molecule has 2 aromatic rings. The van der Waals surface area contributed by atoms with Crippen LogP contribution in [0.1, 0.15) is 40.5 Å². The largest absolute Gasteiger partial charge is 0.507 e. The van der Waals surface area contributed by atoms with E-state index in [0.717, 1.165) is 12.8 Å². The number of ether oxygens (including phenoxy) is 3. The fourth-order valence-electron chi connectivity index (χ4n) is 2.52. The Morgan fingerprint density at radius 3 is 2.12 bits per heavy atom. The summed E-state index contributed by atoms with van der Waals surface area (Å²) in [5.41, 5.74) is 0.868. The van der Waals surface area contributed by atoms with E-state index in [4.69, 9.17) is 14.2 Å². The molecule has 0 unspecified atom stereocenters. The third-order valence-corrected chi connectivity index (χ3v) is 3.89. The quantitative estimate of drug-likeness (QED) is 0.599. The van der Waals surface area contributed by atoms with Gasteiger partial charge in [-0.15, -0.1) is 0 Å². The van der Waals surface area contributed by atoms with Crippen molar-refractivity contribution in [2.45, 2.75) is 19.8 Å². The minimum absolute atomic E-state index is 0.0426. The van der Waals surface area contributed by atoms with E-state index >= 15 is 0 Å². The highest BCUT2D eigenvalue weighted by Gasteiger charge is 2.26. The topological polar surface area (TPSA) is 82.1 Å². The Labute approximate surface area is 152 Å². The van der Waals surface area contributed by atoms with Crippen LogP contribution in [0.2, 0.25) is 0 Å². The summed E-state index contributed by atoms with van der Waals surface area (Å²) in [6.45, 7) is 2.72. The molecule has 0 fully saturated rings. The fourth-order valence-corrected chi connectivity index (χ4v) is 2.52. The van der Waals surface area contributed by atoms with E-state index in [-0.39, 0.29) is 16.9 Å². The van der Waals surface area contributed by atoms with Gasteiger partial charge in [0, 0.05) is 0 Å². The van der Waals surface area contributed by atoms with Crippen molar-refractivity contribution in [1.29, 1.82) is 0 Å². The number of carbonyl (C=O) groups excluding carboxylic acids is 2. The first kappa shape index (κ1) is 19.3. The minimum atomic E-state index is -0.815. The van der Waals surface area contributed by atoms with Crippen LogP contribution in [-0.2, 0) is 9.47 Å². The molecule has 6 heteroatoms. The van der Waals surface area contributed by atoms with Gasteiger partial charge < -0.3 is 19.3 Å². The van der Waals surface area contributed by atoms with Gasteiger partial charge in [-0.05, 0) is 41.8 Å². The molecule has 0 saturated carbocycles. The number of methoxy groups -OCH3 is 2. The molecule has 0 aliphatic heterocycles. The first-order valence-electron chi connectivity index (χ1n) is 8.29. The van der Waals surface area contributed by atoms with Crippen LogP contribution in [-0.4, -0.2) is 37.9 Å². The number of phenols is 1. The fraction of sp³-hybridized carbons (Fsp3) is 0.300. The van der Waals surface area contributed by atoms with Gasteiger partial charge in [-0.1, -0.05) is 25.5 Å². The van der Waals surface area contributed by atoms with Crippen LogP contribution in [0, 0.1) is 0 Å². The average Bonchev–Trinajstić information content (AvgIpc) is 2.67. The van der Waals surface area contributed by atoms with E-state index in [9.17, 15) is 14.7 Å². The Balaban J connectivity index is 2.48. The van der Waals surface area contributed by atoms with Gasteiger partial charge in [0.05, 0.1) is 26.4 Å². The summed E-state index contributed by atoms with van der Waals surface area (Å²) in [4.78, 5) is 24.3. The van der Waals surface area contributed by atoms with Gasteiger partial charge in [0.2, 0.25) is 0 Å². The summed E-state index contributed by atoms with van der Waals surface area (Å²) in [5.74, 6) is -1.18. The van der Waals surface area contributed by atoms with Crippen molar-refractivity contribution < 1.29 is 28.9 Å². The highest BCUT2D eigenvalue weighted by atomic mass is 16.5. The third-order valence-electron chi connectivity index (χ3n) is 3.89. The Morgan fingerprint density at radius 1 is 0.923 bits per heavy atom. The lowest BCUT2D eigenvalue weighted by Crippen LogP contribution is -2.13. The lowest BCUT2D eigenvalue weighted by molar-refractivity contribution is 0.0553. The number of hydrogen-bond acceptors (Lipinski definition) is 6. The predicted molar refractivity (Wildman–Crippen MR) is 96.6 cm³/mol. The second-order valence-electron chi connectivity index (χ2n) is 5.59. The standard InChI is InChI=1S/C20H22O6/c1-4-5-12-26-14-8-6-13(7-9-14)15-10-11-16(21)18(20(23)25-3)17(15)19(22)24-2/h6-11,21H,4-5,12H2,1-3H3.